The van der Waals surface area contributed by atoms with E-state index in [9.17, 15) is 22.0 Å². The number of carbonyl (C=O) groups excluding carboxylic acids is 1. The van der Waals surface area contributed by atoms with Gasteiger partial charge >= 0.3 is 0 Å². The summed E-state index contributed by atoms with van der Waals surface area (Å²) in [6, 6.07) is 17.2. The van der Waals surface area contributed by atoms with Crippen molar-refractivity contribution in [1.29, 1.82) is 0 Å². The molecule has 0 heterocycles. The maximum absolute atomic E-state index is 13.7. The molecule has 0 aliphatic carbocycles. The van der Waals surface area contributed by atoms with Crippen molar-refractivity contribution in [3.63, 3.8) is 0 Å². The molecule has 0 fully saturated rings. The molecular weight excluding hydrogens is 398 g/mol. The lowest BCUT2D eigenvalue weighted by Gasteiger charge is -2.22. The number of rotatable bonds is 6. The molecule has 150 valence electrons. The molecule has 5 nitrogen and oxygen atoms in total. The van der Waals surface area contributed by atoms with Crippen molar-refractivity contribution in [2.24, 2.45) is 0 Å². The highest BCUT2D eigenvalue weighted by atomic mass is 32.2. The first-order valence-corrected chi connectivity index (χ1v) is 10.5. The number of hydrogen-bond acceptors (Lipinski definition) is 3. The molecule has 3 aromatic rings. The number of amides is 1. The Morgan fingerprint density at radius 2 is 1.55 bits per heavy atom. The lowest BCUT2D eigenvalue weighted by molar-refractivity contribution is 0.102. The van der Waals surface area contributed by atoms with Crippen molar-refractivity contribution in [2.45, 2.75) is 6.54 Å². The van der Waals surface area contributed by atoms with Crippen LogP contribution in [0.5, 0.6) is 0 Å². The quantitative estimate of drug-likeness (QED) is 0.656. The lowest BCUT2D eigenvalue weighted by Crippen LogP contribution is -2.29. The Morgan fingerprint density at radius 1 is 0.931 bits per heavy atom. The highest BCUT2D eigenvalue weighted by Gasteiger charge is 2.19. The molecule has 0 aromatic heterocycles. The van der Waals surface area contributed by atoms with Crippen molar-refractivity contribution in [3.8, 4) is 0 Å². The van der Waals surface area contributed by atoms with Crippen molar-refractivity contribution in [1.82, 2.24) is 0 Å². The summed E-state index contributed by atoms with van der Waals surface area (Å²) < 4.78 is 52.4. The first-order chi connectivity index (χ1) is 13.7. The van der Waals surface area contributed by atoms with Crippen LogP contribution in [0.3, 0.4) is 0 Å². The van der Waals surface area contributed by atoms with Gasteiger partial charge in [-0.2, -0.15) is 0 Å². The van der Waals surface area contributed by atoms with Crippen LogP contribution in [-0.4, -0.2) is 20.6 Å². The third kappa shape index (κ3) is 5.17. The Kier molecular flexibility index (Phi) is 5.93. The summed E-state index contributed by atoms with van der Waals surface area (Å²) in [6.45, 7) is 0.0138. The normalized spacial score (nSPS) is 11.1. The fourth-order valence-electron chi connectivity index (χ4n) is 2.69. The molecule has 0 atom stereocenters. The van der Waals surface area contributed by atoms with E-state index in [0.717, 1.165) is 10.6 Å². The van der Waals surface area contributed by atoms with E-state index in [-0.39, 0.29) is 17.8 Å². The van der Waals surface area contributed by atoms with Crippen molar-refractivity contribution in [2.75, 3.05) is 15.9 Å². The molecule has 29 heavy (non-hydrogen) atoms. The van der Waals surface area contributed by atoms with Gasteiger partial charge in [-0.3, -0.25) is 9.10 Å². The van der Waals surface area contributed by atoms with Crippen LogP contribution >= 0.6 is 0 Å². The van der Waals surface area contributed by atoms with Gasteiger partial charge in [-0.15, -0.1) is 0 Å². The second-order valence-corrected chi connectivity index (χ2v) is 8.28. The Labute approximate surface area is 167 Å². The fraction of sp³-hybridized carbons (Fsp3) is 0.0952. The number of carbonyl (C=O) groups is 1. The average Bonchev–Trinajstić information content (AvgIpc) is 2.68. The zero-order chi connectivity index (χ0) is 21.0. The highest BCUT2D eigenvalue weighted by molar-refractivity contribution is 7.92. The zero-order valence-corrected chi connectivity index (χ0v) is 16.3. The molecular formula is C21H18F2N2O3S. The van der Waals surface area contributed by atoms with Gasteiger partial charge in [0, 0.05) is 5.56 Å². The maximum atomic E-state index is 13.7. The van der Waals surface area contributed by atoms with Gasteiger partial charge in [-0.1, -0.05) is 24.3 Å². The van der Waals surface area contributed by atoms with Crippen LogP contribution < -0.4 is 9.62 Å². The van der Waals surface area contributed by atoms with Gasteiger partial charge in [0.15, 0.2) is 0 Å². The van der Waals surface area contributed by atoms with E-state index < -0.39 is 27.6 Å². The topological polar surface area (TPSA) is 66.5 Å². The summed E-state index contributed by atoms with van der Waals surface area (Å²) in [7, 11) is -3.62. The van der Waals surface area contributed by atoms with E-state index in [4.69, 9.17) is 0 Å². The highest BCUT2D eigenvalue weighted by Crippen LogP contribution is 2.22. The number of benzene rings is 3. The molecule has 3 aromatic carbocycles. The van der Waals surface area contributed by atoms with Gasteiger partial charge in [0.2, 0.25) is 10.0 Å². The lowest BCUT2D eigenvalue weighted by atomic mass is 10.1. The molecule has 0 saturated carbocycles. The van der Waals surface area contributed by atoms with E-state index >= 15 is 0 Å². The molecule has 0 unspecified atom stereocenters. The Hall–Kier alpha value is -3.26. The first kappa shape index (κ1) is 20.5. The molecule has 0 bridgehead atoms. The van der Waals surface area contributed by atoms with Gasteiger partial charge in [-0.25, -0.2) is 17.2 Å². The third-order valence-electron chi connectivity index (χ3n) is 4.18. The van der Waals surface area contributed by atoms with Crippen molar-refractivity contribution >= 4 is 27.3 Å². The van der Waals surface area contributed by atoms with Crippen LogP contribution in [0.2, 0.25) is 0 Å². The summed E-state index contributed by atoms with van der Waals surface area (Å²) in [5.41, 5.74) is 1.25. The molecule has 0 saturated heterocycles. The SMILES string of the molecule is CS(=O)(=O)N(Cc1ccc(F)cc1)c1ccc(C(=O)Nc2ccccc2F)cc1. The number of halogens is 2. The number of hydrogen-bond donors (Lipinski definition) is 1. The van der Waals surface area contributed by atoms with Crippen LogP contribution in [0.15, 0.2) is 72.8 Å². The molecule has 3 rings (SSSR count). The summed E-state index contributed by atoms with van der Waals surface area (Å²) >= 11 is 0. The second-order valence-electron chi connectivity index (χ2n) is 6.38. The first-order valence-electron chi connectivity index (χ1n) is 8.62. The van der Waals surface area contributed by atoms with E-state index in [0.29, 0.717) is 11.3 Å². The van der Waals surface area contributed by atoms with Crippen molar-refractivity contribution in [3.05, 3.63) is 95.6 Å². The molecule has 1 N–H and O–H groups in total. The predicted octanol–water partition coefficient (Wildman–Crippen LogP) is 4.18. The van der Waals surface area contributed by atoms with Crippen molar-refractivity contribution < 1.29 is 22.0 Å². The third-order valence-corrected chi connectivity index (χ3v) is 5.32. The van der Waals surface area contributed by atoms with Crippen LogP contribution in [-0.2, 0) is 16.6 Å². The minimum Gasteiger partial charge on any atom is -0.319 e. The monoisotopic (exact) mass is 416 g/mol. The molecule has 0 spiro atoms. The maximum Gasteiger partial charge on any atom is 0.255 e. The van der Waals surface area contributed by atoms with E-state index in [1.165, 1.54) is 66.7 Å². The predicted molar refractivity (Wildman–Crippen MR) is 108 cm³/mol. The smallest absolute Gasteiger partial charge is 0.255 e. The van der Waals surface area contributed by atoms with Gasteiger partial charge < -0.3 is 5.32 Å². The largest absolute Gasteiger partial charge is 0.319 e. The van der Waals surface area contributed by atoms with Gasteiger partial charge in [0.25, 0.3) is 5.91 Å². The summed E-state index contributed by atoms with van der Waals surface area (Å²) in [4.78, 5) is 12.3. The second kappa shape index (κ2) is 8.40. The molecule has 0 aliphatic heterocycles. The van der Waals surface area contributed by atoms with Crippen LogP contribution in [0.25, 0.3) is 0 Å². The summed E-state index contributed by atoms with van der Waals surface area (Å²) in [6.07, 6.45) is 1.06. The number of para-hydroxylation sites is 1. The van der Waals surface area contributed by atoms with Crippen LogP contribution in [0, 0.1) is 11.6 Å². The Bertz CT molecular complexity index is 1120. The van der Waals surface area contributed by atoms with E-state index in [1.807, 2.05) is 0 Å². The molecule has 0 radical (unpaired) electrons. The zero-order valence-electron chi connectivity index (χ0n) is 15.5. The average molecular weight is 416 g/mol. The number of sulfonamides is 1. The minimum absolute atomic E-state index is 0.0138. The van der Waals surface area contributed by atoms with E-state index in [1.54, 1.807) is 6.07 Å². The fourth-order valence-corrected chi connectivity index (χ4v) is 3.58. The van der Waals surface area contributed by atoms with E-state index in [2.05, 4.69) is 5.32 Å². The van der Waals surface area contributed by atoms with Crippen LogP contribution in [0.4, 0.5) is 20.2 Å². The molecule has 1 amide bonds. The number of nitrogens with zero attached hydrogens (tertiary/aromatic N) is 1. The van der Waals surface area contributed by atoms with Gasteiger partial charge in [-0.05, 0) is 54.1 Å². The number of nitrogens with one attached hydrogen (secondary N) is 1. The van der Waals surface area contributed by atoms with Crippen LogP contribution in [0.1, 0.15) is 15.9 Å². The molecule has 0 aliphatic rings. The Balaban J connectivity index is 1.81. The standard InChI is InChI=1S/C21H18F2N2O3S/c1-29(27,28)25(14-15-6-10-17(22)11-7-15)18-12-8-16(9-13-18)21(26)24-20-5-3-2-4-19(20)23/h2-13H,14H2,1H3,(H,24,26). The van der Waals surface area contributed by atoms with Gasteiger partial charge in [0.05, 0.1) is 24.2 Å². The summed E-state index contributed by atoms with van der Waals surface area (Å²) in [5, 5.41) is 2.47. The minimum atomic E-state index is -3.62. The summed E-state index contributed by atoms with van der Waals surface area (Å²) in [5.74, 6) is -1.49. The number of anilines is 2. The van der Waals surface area contributed by atoms with Gasteiger partial charge in [0.1, 0.15) is 11.6 Å². The Morgan fingerprint density at radius 3 is 2.14 bits per heavy atom. The molecule has 8 heteroatoms.